The van der Waals surface area contributed by atoms with Crippen molar-refractivity contribution in [3.05, 3.63) is 15.9 Å². The number of methoxy groups -OCH3 is 1. The molecule has 1 aromatic heterocycles. The minimum absolute atomic E-state index is 0.134. The molecule has 0 saturated carbocycles. The number of ether oxygens (including phenoxy) is 1. The van der Waals surface area contributed by atoms with Gasteiger partial charge in [-0.25, -0.2) is 0 Å². The molecule has 1 unspecified atom stereocenters. The maximum atomic E-state index is 12.0. The molecule has 0 radical (unpaired) electrons. The Labute approximate surface area is 123 Å². The Bertz CT molecular complexity index is 429. The van der Waals surface area contributed by atoms with E-state index >= 15 is 0 Å². The molecular formula is C14H23BrN2O2. The summed E-state index contributed by atoms with van der Waals surface area (Å²) in [5.74, 6) is 0.238. The van der Waals surface area contributed by atoms with Crippen molar-refractivity contribution in [2.75, 3.05) is 7.11 Å². The van der Waals surface area contributed by atoms with Crippen LogP contribution in [0.4, 0.5) is 0 Å². The molecule has 4 nitrogen and oxygen atoms in total. The SMILES string of the molecule is CCc1nn(CC)c(CC(=O)CCC(C)OC)c1Br. The molecule has 1 aromatic rings. The van der Waals surface area contributed by atoms with Gasteiger partial charge in [0.2, 0.25) is 0 Å². The number of aryl methyl sites for hydroxylation is 2. The Balaban J connectivity index is 2.70. The molecule has 1 rings (SSSR count). The van der Waals surface area contributed by atoms with Gasteiger partial charge >= 0.3 is 0 Å². The van der Waals surface area contributed by atoms with Crippen molar-refractivity contribution in [2.45, 2.75) is 59.1 Å². The number of hydrogen-bond donors (Lipinski definition) is 0. The van der Waals surface area contributed by atoms with Crippen LogP contribution in [0.25, 0.3) is 0 Å². The second-order valence-corrected chi connectivity index (χ2v) is 5.47. The summed E-state index contributed by atoms with van der Waals surface area (Å²) in [7, 11) is 1.67. The number of aromatic nitrogens is 2. The number of ketones is 1. The van der Waals surface area contributed by atoms with Crippen LogP contribution in [-0.4, -0.2) is 28.8 Å². The summed E-state index contributed by atoms with van der Waals surface area (Å²) in [6.45, 7) is 6.88. The van der Waals surface area contributed by atoms with Crippen LogP contribution >= 0.6 is 15.9 Å². The summed E-state index contributed by atoms with van der Waals surface area (Å²) in [6, 6.07) is 0. The molecule has 19 heavy (non-hydrogen) atoms. The number of carbonyl (C=O) groups excluding carboxylic acids is 1. The van der Waals surface area contributed by atoms with Crippen LogP contribution in [0.5, 0.6) is 0 Å². The van der Waals surface area contributed by atoms with E-state index in [9.17, 15) is 4.79 Å². The molecule has 0 saturated heterocycles. The first kappa shape index (κ1) is 16.4. The molecule has 0 bridgehead atoms. The van der Waals surface area contributed by atoms with Gasteiger partial charge in [0.25, 0.3) is 0 Å². The van der Waals surface area contributed by atoms with Gasteiger partial charge in [0.05, 0.1) is 22.0 Å². The van der Waals surface area contributed by atoms with Gasteiger partial charge in [0.1, 0.15) is 5.78 Å². The lowest BCUT2D eigenvalue weighted by Crippen LogP contribution is -2.13. The van der Waals surface area contributed by atoms with Gasteiger partial charge in [0.15, 0.2) is 0 Å². The summed E-state index contributed by atoms with van der Waals surface area (Å²) in [5.41, 5.74) is 2.02. The molecule has 0 spiro atoms. The first-order valence-corrected chi connectivity index (χ1v) is 7.61. The topological polar surface area (TPSA) is 44.1 Å². The highest BCUT2D eigenvalue weighted by molar-refractivity contribution is 9.10. The monoisotopic (exact) mass is 330 g/mol. The van der Waals surface area contributed by atoms with Crippen molar-refractivity contribution in [3.63, 3.8) is 0 Å². The molecular weight excluding hydrogens is 308 g/mol. The second-order valence-electron chi connectivity index (χ2n) is 4.68. The molecule has 0 aliphatic heterocycles. The fourth-order valence-electron chi connectivity index (χ4n) is 1.94. The Hall–Kier alpha value is -0.680. The zero-order valence-electron chi connectivity index (χ0n) is 12.2. The van der Waals surface area contributed by atoms with E-state index in [4.69, 9.17) is 4.74 Å². The van der Waals surface area contributed by atoms with Crippen molar-refractivity contribution < 1.29 is 9.53 Å². The minimum Gasteiger partial charge on any atom is -0.382 e. The average Bonchev–Trinajstić information content (AvgIpc) is 2.72. The zero-order chi connectivity index (χ0) is 14.4. The van der Waals surface area contributed by atoms with Crippen LogP contribution in [0, 0.1) is 0 Å². The van der Waals surface area contributed by atoms with Crippen LogP contribution in [0.3, 0.4) is 0 Å². The van der Waals surface area contributed by atoms with Gasteiger partial charge in [-0.1, -0.05) is 6.92 Å². The van der Waals surface area contributed by atoms with E-state index in [0.717, 1.165) is 35.2 Å². The third-order valence-electron chi connectivity index (χ3n) is 3.29. The van der Waals surface area contributed by atoms with E-state index in [0.29, 0.717) is 12.8 Å². The molecule has 0 amide bonds. The predicted octanol–water partition coefficient (Wildman–Crippen LogP) is 3.15. The molecule has 0 aliphatic carbocycles. The Morgan fingerprint density at radius 3 is 2.68 bits per heavy atom. The normalized spacial score (nSPS) is 12.7. The van der Waals surface area contributed by atoms with Gasteiger partial charge in [-0.2, -0.15) is 5.10 Å². The summed E-state index contributed by atoms with van der Waals surface area (Å²) >= 11 is 3.57. The quantitative estimate of drug-likeness (QED) is 0.735. The van der Waals surface area contributed by atoms with Gasteiger partial charge in [-0.05, 0) is 42.6 Å². The molecule has 0 aliphatic rings. The Kier molecular flexibility index (Phi) is 6.72. The van der Waals surface area contributed by atoms with Crippen molar-refractivity contribution in [3.8, 4) is 0 Å². The van der Waals surface area contributed by atoms with E-state index in [2.05, 4.69) is 28.0 Å². The van der Waals surface area contributed by atoms with E-state index in [1.807, 2.05) is 18.5 Å². The fourth-order valence-corrected chi connectivity index (χ4v) is 2.65. The standard InChI is InChI=1S/C14H23BrN2O2/c1-5-12-14(15)13(17(6-2)16-12)9-11(18)8-7-10(3)19-4/h10H,5-9H2,1-4H3. The minimum atomic E-state index is 0.134. The average molecular weight is 331 g/mol. The first-order chi connectivity index (χ1) is 9.03. The summed E-state index contributed by atoms with van der Waals surface area (Å²) in [4.78, 5) is 12.0. The maximum Gasteiger partial charge on any atom is 0.138 e. The second kappa shape index (κ2) is 7.80. The van der Waals surface area contributed by atoms with Crippen molar-refractivity contribution >= 4 is 21.7 Å². The predicted molar refractivity (Wildman–Crippen MR) is 79.4 cm³/mol. The lowest BCUT2D eigenvalue weighted by Gasteiger charge is -2.09. The smallest absolute Gasteiger partial charge is 0.138 e. The van der Waals surface area contributed by atoms with Gasteiger partial charge < -0.3 is 4.74 Å². The highest BCUT2D eigenvalue weighted by Crippen LogP contribution is 2.23. The molecule has 0 fully saturated rings. The molecule has 108 valence electrons. The summed E-state index contributed by atoms with van der Waals surface area (Å²) in [6.07, 6.45) is 2.77. The third kappa shape index (κ3) is 4.42. The number of rotatable bonds is 8. The lowest BCUT2D eigenvalue weighted by atomic mass is 10.1. The van der Waals surface area contributed by atoms with E-state index in [1.165, 1.54) is 0 Å². The van der Waals surface area contributed by atoms with E-state index in [-0.39, 0.29) is 11.9 Å². The largest absolute Gasteiger partial charge is 0.382 e. The van der Waals surface area contributed by atoms with Crippen LogP contribution in [-0.2, 0) is 28.9 Å². The van der Waals surface area contributed by atoms with E-state index < -0.39 is 0 Å². The number of nitrogens with zero attached hydrogens (tertiary/aromatic N) is 2. The van der Waals surface area contributed by atoms with Crippen molar-refractivity contribution in [1.29, 1.82) is 0 Å². The van der Waals surface area contributed by atoms with E-state index in [1.54, 1.807) is 7.11 Å². The fraction of sp³-hybridized carbons (Fsp3) is 0.714. The van der Waals surface area contributed by atoms with Crippen LogP contribution in [0.1, 0.15) is 45.0 Å². The summed E-state index contributed by atoms with van der Waals surface area (Å²) in [5, 5.41) is 4.50. The maximum absolute atomic E-state index is 12.0. The van der Waals surface area contributed by atoms with Gasteiger partial charge in [-0.15, -0.1) is 0 Å². The Morgan fingerprint density at radius 1 is 1.47 bits per heavy atom. The number of Topliss-reactive ketones (excluding diaryl/α,β-unsaturated/α-hetero) is 1. The van der Waals surface area contributed by atoms with Gasteiger partial charge in [-0.3, -0.25) is 9.48 Å². The van der Waals surface area contributed by atoms with Crippen molar-refractivity contribution in [1.82, 2.24) is 9.78 Å². The Morgan fingerprint density at radius 2 is 2.16 bits per heavy atom. The lowest BCUT2D eigenvalue weighted by molar-refractivity contribution is -0.119. The summed E-state index contributed by atoms with van der Waals surface area (Å²) < 4.78 is 8.07. The molecule has 0 N–H and O–H groups in total. The number of carbonyl (C=O) groups is 1. The van der Waals surface area contributed by atoms with Crippen LogP contribution in [0.15, 0.2) is 4.47 Å². The number of hydrogen-bond acceptors (Lipinski definition) is 3. The molecule has 1 atom stereocenters. The van der Waals surface area contributed by atoms with Crippen molar-refractivity contribution in [2.24, 2.45) is 0 Å². The highest BCUT2D eigenvalue weighted by Gasteiger charge is 2.17. The van der Waals surface area contributed by atoms with Crippen LogP contribution in [0.2, 0.25) is 0 Å². The number of halogens is 1. The third-order valence-corrected chi connectivity index (χ3v) is 4.21. The molecule has 1 heterocycles. The highest BCUT2D eigenvalue weighted by atomic mass is 79.9. The zero-order valence-corrected chi connectivity index (χ0v) is 13.8. The molecule has 5 heteroatoms. The first-order valence-electron chi connectivity index (χ1n) is 6.81. The van der Waals surface area contributed by atoms with Crippen LogP contribution < -0.4 is 0 Å². The van der Waals surface area contributed by atoms with Gasteiger partial charge in [0, 0.05) is 26.5 Å². The molecule has 0 aromatic carbocycles.